The molecule has 9 nitrogen and oxygen atoms in total. The van der Waals surface area contributed by atoms with E-state index in [0.717, 1.165) is 6.92 Å². The van der Waals surface area contributed by atoms with E-state index in [2.05, 4.69) is 25.1 Å². The average Bonchev–Trinajstić information content (AvgIpc) is 2.42. The first-order valence-electron chi connectivity index (χ1n) is 5.12. The number of amidine groups is 1. The number of carbonyl (C=O) groups excluding carboxylic acids is 1. The molecule has 0 bridgehead atoms. The summed E-state index contributed by atoms with van der Waals surface area (Å²) in [5.41, 5.74) is 8.47. The maximum Gasteiger partial charge on any atom is 0.332 e. The molecule has 1 aromatic rings. The minimum atomic E-state index is -0.675. The van der Waals surface area contributed by atoms with Crippen LogP contribution in [0.15, 0.2) is 45.7 Å². The van der Waals surface area contributed by atoms with Gasteiger partial charge in [0.25, 0.3) is 0 Å². The number of carbonyl (C=O) groups is 1. The van der Waals surface area contributed by atoms with Gasteiger partial charge in [-0.1, -0.05) is 28.5 Å². The highest BCUT2D eigenvalue weighted by molar-refractivity contribution is 5.84. The maximum absolute atomic E-state index is 11.7. The predicted molar refractivity (Wildman–Crippen MR) is 65.4 cm³/mol. The van der Waals surface area contributed by atoms with Gasteiger partial charge in [0.15, 0.2) is 0 Å². The van der Waals surface area contributed by atoms with Crippen molar-refractivity contribution in [3.63, 3.8) is 0 Å². The maximum atomic E-state index is 11.7. The Balaban J connectivity index is 2.95. The third-order valence-electron chi connectivity index (χ3n) is 1.74. The molecule has 0 radical (unpaired) electrons. The molecule has 1 rings (SSSR count). The standard InChI is InChI=1S/C10H10N6O3/c1-8(17)19-14-10(7-12-15-11)13-16(18)9-5-3-2-4-6-9/h2-6H,7H2,1H3/b14-10+,16-13?. The fourth-order valence-corrected chi connectivity index (χ4v) is 1.01. The van der Waals surface area contributed by atoms with Crippen molar-refractivity contribution >= 4 is 17.5 Å². The number of hydrogen-bond donors (Lipinski definition) is 0. The zero-order valence-electron chi connectivity index (χ0n) is 10.0. The van der Waals surface area contributed by atoms with Crippen molar-refractivity contribution in [1.82, 2.24) is 0 Å². The van der Waals surface area contributed by atoms with Crippen LogP contribution in [0.4, 0.5) is 5.69 Å². The second kappa shape index (κ2) is 7.41. The van der Waals surface area contributed by atoms with E-state index in [1.807, 2.05) is 0 Å². The van der Waals surface area contributed by atoms with Crippen molar-refractivity contribution in [2.24, 2.45) is 15.4 Å². The van der Waals surface area contributed by atoms with Crippen LogP contribution >= 0.6 is 0 Å². The van der Waals surface area contributed by atoms with Crippen LogP contribution in [0.1, 0.15) is 6.92 Å². The highest BCUT2D eigenvalue weighted by Gasteiger charge is 2.07. The summed E-state index contributed by atoms with van der Waals surface area (Å²) in [6.45, 7) is 0.830. The number of azide groups is 1. The molecule has 0 unspecified atom stereocenters. The Morgan fingerprint density at radius 1 is 1.47 bits per heavy atom. The highest BCUT2D eigenvalue weighted by Crippen LogP contribution is 2.09. The molecule has 0 atom stereocenters. The van der Waals surface area contributed by atoms with Gasteiger partial charge >= 0.3 is 5.97 Å². The molecule has 0 aromatic heterocycles. The lowest BCUT2D eigenvalue weighted by Crippen LogP contribution is -2.06. The Morgan fingerprint density at radius 2 is 2.16 bits per heavy atom. The summed E-state index contributed by atoms with van der Waals surface area (Å²) in [7, 11) is 0. The van der Waals surface area contributed by atoms with Gasteiger partial charge in [-0.2, -0.15) is 0 Å². The Labute approximate surface area is 108 Å². The summed E-state index contributed by atoms with van der Waals surface area (Å²) in [4.78, 5) is 17.7. The molecule has 98 valence electrons. The van der Waals surface area contributed by atoms with Gasteiger partial charge in [-0.3, -0.25) is 0 Å². The molecule has 0 N–H and O–H groups in total. The lowest BCUT2D eigenvalue weighted by Gasteiger charge is -1.99. The molecule has 0 heterocycles. The van der Waals surface area contributed by atoms with Crippen molar-refractivity contribution in [2.75, 3.05) is 6.54 Å². The van der Waals surface area contributed by atoms with E-state index < -0.39 is 5.97 Å². The third-order valence-corrected chi connectivity index (χ3v) is 1.74. The predicted octanol–water partition coefficient (Wildman–Crippen LogP) is 2.47. The monoisotopic (exact) mass is 262 g/mol. The number of para-hydroxylation sites is 1. The molecule has 0 saturated carbocycles. The van der Waals surface area contributed by atoms with Crippen molar-refractivity contribution in [3.05, 3.63) is 46.0 Å². The van der Waals surface area contributed by atoms with Crippen LogP contribution < -0.4 is 0 Å². The van der Waals surface area contributed by atoms with Crippen LogP contribution in [0, 0.1) is 5.21 Å². The number of nitrogens with zero attached hydrogens (tertiary/aromatic N) is 6. The molecule has 0 aliphatic carbocycles. The van der Waals surface area contributed by atoms with Crippen molar-refractivity contribution in [2.45, 2.75) is 6.92 Å². The van der Waals surface area contributed by atoms with E-state index in [-0.39, 0.29) is 22.9 Å². The fourth-order valence-electron chi connectivity index (χ4n) is 1.01. The minimum Gasteiger partial charge on any atom is -0.594 e. The second-order valence-electron chi connectivity index (χ2n) is 3.19. The van der Waals surface area contributed by atoms with Gasteiger partial charge in [0, 0.05) is 29.1 Å². The minimum absolute atomic E-state index is 0.216. The molecule has 0 spiro atoms. The van der Waals surface area contributed by atoms with Gasteiger partial charge in [0.05, 0.1) is 6.54 Å². The molecule has 9 heteroatoms. The highest BCUT2D eigenvalue weighted by atomic mass is 16.7. The average molecular weight is 262 g/mol. The van der Waals surface area contributed by atoms with Gasteiger partial charge in [0.1, 0.15) is 0 Å². The molecule has 1 aromatic carbocycles. The molecule has 0 fully saturated rings. The SMILES string of the molecule is CC(=O)O/N=C(\CN=[N+]=[N-])N=[N+]([O-])c1ccccc1. The first-order valence-corrected chi connectivity index (χ1v) is 5.12. The summed E-state index contributed by atoms with van der Waals surface area (Å²) in [5.74, 6) is -0.891. The topological polar surface area (TPSA) is 126 Å². The first kappa shape index (κ1) is 14.1. The van der Waals surface area contributed by atoms with E-state index in [9.17, 15) is 10.0 Å². The van der Waals surface area contributed by atoms with E-state index in [1.165, 1.54) is 12.1 Å². The van der Waals surface area contributed by atoms with E-state index in [0.29, 0.717) is 0 Å². The summed E-state index contributed by atoms with van der Waals surface area (Å²) < 4.78 is 0. The first-order chi connectivity index (χ1) is 9.13. The summed E-state index contributed by atoms with van der Waals surface area (Å²) >= 11 is 0. The van der Waals surface area contributed by atoms with E-state index >= 15 is 0 Å². The zero-order valence-corrected chi connectivity index (χ0v) is 10.0. The molecular formula is C10H10N6O3. The van der Waals surface area contributed by atoms with Gasteiger partial charge in [-0.25, -0.2) is 4.79 Å². The van der Waals surface area contributed by atoms with Gasteiger partial charge in [-0.15, -0.1) is 0 Å². The van der Waals surface area contributed by atoms with Crippen LogP contribution in [0.5, 0.6) is 0 Å². The van der Waals surface area contributed by atoms with Gasteiger partial charge < -0.3 is 10.0 Å². The normalized spacial score (nSPS) is 11.6. The van der Waals surface area contributed by atoms with Crippen molar-refractivity contribution in [1.29, 1.82) is 0 Å². The second-order valence-corrected chi connectivity index (χ2v) is 3.19. The number of oxime groups is 1. The fraction of sp³-hybridized carbons (Fsp3) is 0.200. The lowest BCUT2D eigenvalue weighted by atomic mass is 10.3. The van der Waals surface area contributed by atoms with Crippen molar-refractivity contribution in [3.8, 4) is 0 Å². The molecule has 0 amide bonds. The van der Waals surface area contributed by atoms with Crippen LogP contribution in [0.3, 0.4) is 0 Å². The molecule has 0 aliphatic heterocycles. The molecular weight excluding hydrogens is 252 g/mol. The molecule has 0 aliphatic rings. The smallest absolute Gasteiger partial charge is 0.332 e. The van der Waals surface area contributed by atoms with Crippen LogP contribution in [0.25, 0.3) is 10.4 Å². The third kappa shape index (κ3) is 5.29. The summed E-state index contributed by atoms with van der Waals surface area (Å²) in [6.07, 6.45) is 0. The van der Waals surface area contributed by atoms with Crippen LogP contribution in [0.2, 0.25) is 0 Å². The number of rotatable bonds is 4. The number of azo groups is 1. The van der Waals surface area contributed by atoms with E-state index in [1.54, 1.807) is 18.2 Å². The number of benzene rings is 1. The Bertz CT molecular complexity index is 548. The van der Waals surface area contributed by atoms with Gasteiger partial charge in [0.2, 0.25) is 11.5 Å². The van der Waals surface area contributed by atoms with Crippen molar-refractivity contribution < 1.29 is 14.5 Å². The van der Waals surface area contributed by atoms with Crippen LogP contribution in [-0.2, 0) is 9.63 Å². The van der Waals surface area contributed by atoms with Gasteiger partial charge in [-0.05, 0) is 10.4 Å². The Hall–Kier alpha value is -2.93. The number of hydrogen-bond acceptors (Lipinski definition) is 5. The zero-order chi connectivity index (χ0) is 14.1. The molecule has 19 heavy (non-hydrogen) atoms. The summed E-state index contributed by atoms with van der Waals surface area (Å²) in [5, 5.41) is 21.7. The summed E-state index contributed by atoms with van der Waals surface area (Å²) in [6, 6.07) is 8.13. The molecule has 0 saturated heterocycles. The quantitative estimate of drug-likeness (QED) is 0.121. The van der Waals surface area contributed by atoms with E-state index in [4.69, 9.17) is 5.53 Å². The van der Waals surface area contributed by atoms with Crippen LogP contribution in [-0.4, -0.2) is 23.2 Å². The Morgan fingerprint density at radius 3 is 2.74 bits per heavy atom. The lowest BCUT2D eigenvalue weighted by molar-refractivity contribution is -0.433. The largest absolute Gasteiger partial charge is 0.594 e. The Kier molecular flexibility index (Phi) is 5.51.